The normalized spacial score (nSPS) is 11.6. The highest BCUT2D eigenvalue weighted by atomic mass is 16.5. The number of hydrogen-bond acceptors (Lipinski definition) is 7. The van der Waals surface area contributed by atoms with Crippen molar-refractivity contribution in [1.29, 1.82) is 0 Å². The number of para-hydroxylation sites is 1. The van der Waals surface area contributed by atoms with Gasteiger partial charge in [-0.25, -0.2) is 9.59 Å². The second kappa shape index (κ2) is 9.13. The first-order valence-electron chi connectivity index (χ1n) is 9.14. The van der Waals surface area contributed by atoms with Crippen molar-refractivity contribution in [1.82, 2.24) is 5.32 Å². The number of rotatable bonds is 7. The molecule has 8 heteroatoms. The summed E-state index contributed by atoms with van der Waals surface area (Å²) >= 11 is 0. The molecule has 1 aromatic heterocycles. The van der Waals surface area contributed by atoms with E-state index in [1.807, 2.05) is 0 Å². The molecule has 156 valence electrons. The van der Waals surface area contributed by atoms with Crippen LogP contribution in [0.5, 0.6) is 11.5 Å². The molecule has 0 saturated carbocycles. The quantitative estimate of drug-likeness (QED) is 0.471. The predicted octanol–water partition coefficient (Wildman–Crippen LogP) is 2.84. The van der Waals surface area contributed by atoms with Crippen LogP contribution in [0.1, 0.15) is 28.9 Å². The van der Waals surface area contributed by atoms with Gasteiger partial charge in [-0.3, -0.25) is 4.79 Å². The van der Waals surface area contributed by atoms with Crippen molar-refractivity contribution in [2.24, 2.45) is 0 Å². The lowest BCUT2D eigenvalue weighted by Crippen LogP contribution is -2.32. The largest absolute Gasteiger partial charge is 0.497 e. The van der Waals surface area contributed by atoms with E-state index in [1.165, 1.54) is 20.3 Å². The number of carbonyl (C=O) groups excluding carboxylic acids is 2. The van der Waals surface area contributed by atoms with Gasteiger partial charge in [0.1, 0.15) is 22.6 Å². The molecule has 1 atom stereocenters. The number of nitrogens with one attached hydrogen (secondary N) is 1. The van der Waals surface area contributed by atoms with Gasteiger partial charge in [0, 0.05) is 10.9 Å². The van der Waals surface area contributed by atoms with Crippen molar-refractivity contribution >= 4 is 22.8 Å². The molecule has 0 aliphatic carbocycles. The summed E-state index contributed by atoms with van der Waals surface area (Å²) in [6.07, 6.45) is 0. The summed E-state index contributed by atoms with van der Waals surface area (Å²) in [7, 11) is 3.06. The molecule has 3 rings (SSSR count). The third-order valence-electron chi connectivity index (χ3n) is 4.48. The van der Waals surface area contributed by atoms with Crippen molar-refractivity contribution < 1.29 is 28.2 Å². The van der Waals surface area contributed by atoms with Crippen LogP contribution in [0.3, 0.4) is 0 Å². The smallest absolute Gasteiger partial charge is 0.351 e. The Morgan fingerprint density at radius 2 is 1.83 bits per heavy atom. The molecule has 0 unspecified atom stereocenters. The third-order valence-corrected chi connectivity index (χ3v) is 4.48. The van der Waals surface area contributed by atoms with Gasteiger partial charge < -0.3 is 23.9 Å². The van der Waals surface area contributed by atoms with Crippen LogP contribution in [-0.4, -0.2) is 32.7 Å². The lowest BCUT2D eigenvalue weighted by atomic mass is 10.1. The number of methoxy groups -OCH3 is 2. The van der Waals surface area contributed by atoms with Crippen LogP contribution >= 0.6 is 0 Å². The summed E-state index contributed by atoms with van der Waals surface area (Å²) in [6.45, 7) is 1.21. The molecule has 0 spiro atoms. The molecule has 30 heavy (non-hydrogen) atoms. The van der Waals surface area contributed by atoms with Crippen LogP contribution in [0.2, 0.25) is 0 Å². The Kier molecular flexibility index (Phi) is 6.36. The zero-order valence-electron chi connectivity index (χ0n) is 16.8. The minimum atomic E-state index is -0.934. The molecule has 1 heterocycles. The average Bonchev–Trinajstić information content (AvgIpc) is 2.76. The van der Waals surface area contributed by atoms with Crippen LogP contribution in [0, 0.1) is 0 Å². The van der Waals surface area contributed by atoms with Gasteiger partial charge in [0.15, 0.2) is 6.61 Å². The monoisotopic (exact) mass is 411 g/mol. The van der Waals surface area contributed by atoms with Gasteiger partial charge in [-0.1, -0.05) is 18.2 Å². The summed E-state index contributed by atoms with van der Waals surface area (Å²) in [5, 5.41) is 3.30. The molecule has 0 radical (unpaired) electrons. The lowest BCUT2D eigenvalue weighted by molar-refractivity contribution is -0.124. The van der Waals surface area contributed by atoms with Gasteiger partial charge in [0.2, 0.25) is 0 Å². The third kappa shape index (κ3) is 4.60. The number of carbonyl (C=O) groups is 2. The molecule has 1 amide bonds. The summed E-state index contributed by atoms with van der Waals surface area (Å²) in [4.78, 5) is 36.5. The van der Waals surface area contributed by atoms with Gasteiger partial charge >= 0.3 is 11.6 Å². The molecule has 1 N–H and O–H groups in total. The molecule has 0 fully saturated rings. The Morgan fingerprint density at radius 3 is 2.57 bits per heavy atom. The second-order valence-corrected chi connectivity index (χ2v) is 6.46. The summed E-state index contributed by atoms with van der Waals surface area (Å²) in [5.74, 6) is -0.280. The van der Waals surface area contributed by atoms with Crippen LogP contribution in [0.25, 0.3) is 11.0 Å². The van der Waals surface area contributed by atoms with Crippen LogP contribution < -0.4 is 20.4 Å². The zero-order valence-corrected chi connectivity index (χ0v) is 16.8. The summed E-state index contributed by atoms with van der Waals surface area (Å²) in [5.41, 5.74) is -0.0397. The molecule has 0 saturated heterocycles. The van der Waals surface area contributed by atoms with Gasteiger partial charge in [0.05, 0.1) is 20.3 Å². The molecule has 0 aliphatic rings. The highest BCUT2D eigenvalue weighted by Crippen LogP contribution is 2.29. The van der Waals surface area contributed by atoms with Gasteiger partial charge in [-0.05, 0) is 37.3 Å². The van der Waals surface area contributed by atoms with Crippen LogP contribution in [0.4, 0.5) is 0 Å². The number of amides is 1. The fourth-order valence-electron chi connectivity index (χ4n) is 2.95. The first-order valence-corrected chi connectivity index (χ1v) is 9.14. The molecule has 8 nitrogen and oxygen atoms in total. The van der Waals surface area contributed by atoms with Crippen molar-refractivity contribution in [2.45, 2.75) is 13.0 Å². The van der Waals surface area contributed by atoms with Crippen LogP contribution in [0.15, 0.2) is 57.7 Å². The highest BCUT2D eigenvalue weighted by Gasteiger charge is 2.19. The Labute approximate surface area is 172 Å². The zero-order chi connectivity index (χ0) is 21.7. The van der Waals surface area contributed by atoms with Crippen molar-refractivity contribution in [3.05, 3.63) is 70.1 Å². The van der Waals surface area contributed by atoms with E-state index in [2.05, 4.69) is 5.32 Å². The van der Waals surface area contributed by atoms with E-state index in [0.29, 0.717) is 28.0 Å². The molecular formula is C22H21NO7. The van der Waals surface area contributed by atoms with Crippen molar-refractivity contribution in [3.63, 3.8) is 0 Å². The van der Waals surface area contributed by atoms with Crippen LogP contribution in [-0.2, 0) is 9.53 Å². The summed E-state index contributed by atoms with van der Waals surface area (Å²) in [6, 6.07) is 12.9. The number of ether oxygens (including phenoxy) is 3. The van der Waals surface area contributed by atoms with E-state index in [1.54, 1.807) is 49.4 Å². The topological polar surface area (TPSA) is 104 Å². The fourth-order valence-corrected chi connectivity index (χ4v) is 2.95. The Hall–Kier alpha value is -3.81. The predicted molar refractivity (Wildman–Crippen MR) is 109 cm³/mol. The van der Waals surface area contributed by atoms with Gasteiger partial charge in [-0.15, -0.1) is 0 Å². The van der Waals surface area contributed by atoms with E-state index in [9.17, 15) is 14.4 Å². The Morgan fingerprint density at radius 1 is 1.07 bits per heavy atom. The maximum Gasteiger partial charge on any atom is 0.351 e. The van der Waals surface area contributed by atoms with E-state index < -0.39 is 30.2 Å². The Bertz CT molecular complexity index is 1140. The molecule has 2 aromatic carbocycles. The van der Waals surface area contributed by atoms with E-state index in [0.717, 1.165) is 0 Å². The standard InChI is InChI=1S/C22H21NO7/c1-13(16-11-15(27-2)8-9-19(16)28-3)23-20(24)12-29-21(25)17-10-14-6-4-5-7-18(14)30-22(17)26/h4-11,13H,12H2,1-3H3,(H,23,24)/t13-/m0/s1. The van der Waals surface area contributed by atoms with E-state index in [4.69, 9.17) is 18.6 Å². The average molecular weight is 411 g/mol. The Balaban J connectivity index is 1.65. The number of esters is 1. The number of hydrogen-bond donors (Lipinski definition) is 1. The molecule has 0 aliphatic heterocycles. The summed E-state index contributed by atoms with van der Waals surface area (Å²) < 4.78 is 20.6. The fraction of sp³-hybridized carbons (Fsp3) is 0.227. The number of benzene rings is 2. The minimum absolute atomic E-state index is 0.274. The molecule has 3 aromatic rings. The maximum atomic E-state index is 12.3. The first-order chi connectivity index (χ1) is 14.4. The molecule has 0 bridgehead atoms. The van der Waals surface area contributed by atoms with Gasteiger partial charge in [0.25, 0.3) is 5.91 Å². The van der Waals surface area contributed by atoms with Crippen molar-refractivity contribution in [3.8, 4) is 11.5 Å². The van der Waals surface area contributed by atoms with Gasteiger partial charge in [-0.2, -0.15) is 0 Å². The SMILES string of the molecule is COc1ccc(OC)c([C@H](C)NC(=O)COC(=O)c2cc3ccccc3oc2=O)c1. The maximum absolute atomic E-state index is 12.3. The first kappa shape index (κ1) is 20.9. The van der Waals surface area contributed by atoms with E-state index >= 15 is 0 Å². The number of fused-ring (bicyclic) bond motifs is 1. The van der Waals surface area contributed by atoms with E-state index in [-0.39, 0.29) is 5.56 Å². The molecular weight excluding hydrogens is 390 g/mol. The second-order valence-electron chi connectivity index (χ2n) is 6.46. The lowest BCUT2D eigenvalue weighted by Gasteiger charge is -2.18. The van der Waals surface area contributed by atoms with Crippen molar-refractivity contribution in [2.75, 3.05) is 20.8 Å². The highest BCUT2D eigenvalue weighted by molar-refractivity contribution is 5.94. The minimum Gasteiger partial charge on any atom is -0.497 e.